The molecule has 15 heavy (non-hydrogen) atoms. The van der Waals surface area contributed by atoms with Crippen molar-refractivity contribution in [3.05, 3.63) is 12.2 Å². The van der Waals surface area contributed by atoms with Crippen LogP contribution in [0.15, 0.2) is 12.2 Å². The van der Waals surface area contributed by atoms with Gasteiger partial charge in [0, 0.05) is 18.2 Å². The van der Waals surface area contributed by atoms with Crippen molar-refractivity contribution in [1.29, 1.82) is 0 Å². The van der Waals surface area contributed by atoms with Crippen molar-refractivity contribution in [1.82, 2.24) is 4.90 Å². The van der Waals surface area contributed by atoms with Crippen molar-refractivity contribution in [3.63, 3.8) is 0 Å². The van der Waals surface area contributed by atoms with Gasteiger partial charge in [0.05, 0.1) is 7.11 Å². The van der Waals surface area contributed by atoms with Crippen LogP contribution in [-0.4, -0.2) is 50.7 Å². The third-order valence-electron chi connectivity index (χ3n) is 1.91. The first-order chi connectivity index (χ1) is 6.97. The molecule has 0 aliphatic rings. The number of esters is 2. The SMILES string of the molecule is COC(=O)/C=C/C(=O)OC[C@@H](C)N(C)C. The molecule has 0 saturated carbocycles. The van der Waals surface area contributed by atoms with Crippen molar-refractivity contribution in [3.8, 4) is 0 Å². The number of hydrogen-bond donors (Lipinski definition) is 0. The zero-order valence-corrected chi connectivity index (χ0v) is 9.52. The molecule has 0 heterocycles. The maximum absolute atomic E-state index is 11.1. The third kappa shape index (κ3) is 6.68. The first kappa shape index (κ1) is 13.6. The van der Waals surface area contributed by atoms with Gasteiger partial charge in [0.15, 0.2) is 0 Å². The summed E-state index contributed by atoms with van der Waals surface area (Å²) in [5, 5.41) is 0. The van der Waals surface area contributed by atoms with E-state index in [-0.39, 0.29) is 12.6 Å². The number of carbonyl (C=O) groups is 2. The van der Waals surface area contributed by atoms with Crippen LogP contribution in [0.1, 0.15) is 6.92 Å². The molecule has 0 rings (SSSR count). The van der Waals surface area contributed by atoms with E-state index >= 15 is 0 Å². The molecule has 0 aliphatic carbocycles. The Kier molecular flexibility index (Phi) is 6.37. The molecule has 86 valence electrons. The molecule has 0 aromatic heterocycles. The molecule has 0 saturated heterocycles. The lowest BCUT2D eigenvalue weighted by Crippen LogP contribution is -2.30. The molecule has 5 heteroatoms. The number of likely N-dealkylation sites (N-methyl/N-ethyl adjacent to an activating group) is 1. The summed E-state index contributed by atoms with van der Waals surface area (Å²) in [6.07, 6.45) is 2.08. The standard InChI is InChI=1S/C10H17NO4/c1-8(11(2)3)7-15-10(13)6-5-9(12)14-4/h5-6,8H,7H2,1-4H3/b6-5+/t8-/m1/s1. The lowest BCUT2D eigenvalue weighted by atomic mass is 10.3. The Morgan fingerprint density at radius 1 is 1.27 bits per heavy atom. The maximum atomic E-state index is 11.1. The number of nitrogens with zero attached hydrogens (tertiary/aromatic N) is 1. The van der Waals surface area contributed by atoms with E-state index < -0.39 is 11.9 Å². The second kappa shape index (κ2) is 7.00. The molecule has 5 nitrogen and oxygen atoms in total. The van der Waals surface area contributed by atoms with Crippen molar-refractivity contribution in [2.75, 3.05) is 27.8 Å². The van der Waals surface area contributed by atoms with E-state index in [1.54, 1.807) is 0 Å². The number of methoxy groups -OCH3 is 1. The predicted octanol–water partition coefficient (Wildman–Crippen LogP) is 0.209. The van der Waals surface area contributed by atoms with Gasteiger partial charge in [-0.05, 0) is 21.0 Å². The number of rotatable bonds is 5. The summed E-state index contributed by atoms with van der Waals surface area (Å²) in [6.45, 7) is 2.22. The molecular formula is C10H17NO4. The Labute approximate surface area is 89.6 Å². The van der Waals surface area contributed by atoms with Crippen LogP contribution < -0.4 is 0 Å². The summed E-state index contributed by atoms with van der Waals surface area (Å²) in [5.74, 6) is -1.12. The monoisotopic (exact) mass is 215 g/mol. The van der Waals surface area contributed by atoms with Gasteiger partial charge >= 0.3 is 11.9 Å². The fourth-order valence-electron chi connectivity index (χ4n) is 0.604. The van der Waals surface area contributed by atoms with Gasteiger partial charge in [-0.1, -0.05) is 0 Å². The average Bonchev–Trinajstić information content (AvgIpc) is 2.21. The van der Waals surface area contributed by atoms with Gasteiger partial charge in [-0.25, -0.2) is 9.59 Å². The molecular weight excluding hydrogens is 198 g/mol. The molecule has 0 N–H and O–H groups in total. The summed E-state index contributed by atoms with van der Waals surface area (Å²) in [6, 6.07) is 0.139. The van der Waals surface area contributed by atoms with E-state index in [1.807, 2.05) is 25.9 Å². The summed E-state index contributed by atoms with van der Waals surface area (Å²) in [5.41, 5.74) is 0. The zero-order chi connectivity index (χ0) is 11.8. The number of hydrogen-bond acceptors (Lipinski definition) is 5. The van der Waals surface area contributed by atoms with Crippen LogP contribution in [0.5, 0.6) is 0 Å². The fraction of sp³-hybridized carbons (Fsp3) is 0.600. The normalized spacial score (nSPS) is 12.9. The van der Waals surface area contributed by atoms with Crippen LogP contribution in [0.3, 0.4) is 0 Å². The first-order valence-electron chi connectivity index (χ1n) is 4.56. The minimum atomic E-state index is -0.576. The summed E-state index contributed by atoms with van der Waals surface area (Å²) < 4.78 is 9.21. The summed E-state index contributed by atoms with van der Waals surface area (Å²) in [4.78, 5) is 23.6. The highest BCUT2D eigenvalue weighted by Crippen LogP contribution is 1.93. The Morgan fingerprint density at radius 3 is 2.27 bits per heavy atom. The molecule has 0 radical (unpaired) electrons. The molecule has 1 atom stereocenters. The van der Waals surface area contributed by atoms with Crippen molar-refractivity contribution in [2.24, 2.45) is 0 Å². The molecule has 0 unspecified atom stereocenters. The van der Waals surface area contributed by atoms with Crippen LogP contribution in [0, 0.1) is 0 Å². The third-order valence-corrected chi connectivity index (χ3v) is 1.91. The van der Waals surface area contributed by atoms with Gasteiger partial charge in [-0.3, -0.25) is 0 Å². The van der Waals surface area contributed by atoms with E-state index in [2.05, 4.69) is 4.74 Å². The van der Waals surface area contributed by atoms with Crippen molar-refractivity contribution in [2.45, 2.75) is 13.0 Å². The van der Waals surface area contributed by atoms with E-state index in [9.17, 15) is 9.59 Å². The van der Waals surface area contributed by atoms with Crippen LogP contribution in [0.25, 0.3) is 0 Å². The van der Waals surface area contributed by atoms with Gasteiger partial charge < -0.3 is 14.4 Å². The van der Waals surface area contributed by atoms with Gasteiger partial charge in [0.25, 0.3) is 0 Å². The Balaban J connectivity index is 3.85. The van der Waals surface area contributed by atoms with Gasteiger partial charge in [-0.15, -0.1) is 0 Å². The molecule has 0 aromatic rings. The molecule has 0 aromatic carbocycles. The minimum Gasteiger partial charge on any atom is -0.466 e. The average molecular weight is 215 g/mol. The number of carbonyl (C=O) groups excluding carboxylic acids is 2. The molecule has 0 amide bonds. The predicted molar refractivity (Wildman–Crippen MR) is 55.3 cm³/mol. The minimum absolute atomic E-state index is 0.139. The van der Waals surface area contributed by atoms with E-state index in [4.69, 9.17) is 4.74 Å². The van der Waals surface area contributed by atoms with Crippen molar-refractivity contribution >= 4 is 11.9 Å². The Morgan fingerprint density at radius 2 is 1.80 bits per heavy atom. The van der Waals surface area contributed by atoms with Crippen LogP contribution in [0.2, 0.25) is 0 Å². The quantitative estimate of drug-likeness (QED) is 0.484. The molecule has 0 aliphatic heterocycles. The van der Waals surface area contributed by atoms with Crippen LogP contribution in [-0.2, 0) is 19.1 Å². The second-order valence-corrected chi connectivity index (χ2v) is 3.30. The molecule has 0 bridgehead atoms. The van der Waals surface area contributed by atoms with E-state index in [1.165, 1.54) is 7.11 Å². The molecule has 0 fully saturated rings. The maximum Gasteiger partial charge on any atom is 0.331 e. The van der Waals surface area contributed by atoms with Crippen LogP contribution in [0.4, 0.5) is 0 Å². The number of ether oxygens (including phenoxy) is 2. The highest BCUT2D eigenvalue weighted by Gasteiger charge is 2.06. The zero-order valence-electron chi connectivity index (χ0n) is 9.52. The van der Waals surface area contributed by atoms with Crippen molar-refractivity contribution < 1.29 is 19.1 Å². The second-order valence-electron chi connectivity index (χ2n) is 3.30. The van der Waals surface area contributed by atoms with Gasteiger partial charge in [0.2, 0.25) is 0 Å². The lowest BCUT2D eigenvalue weighted by Gasteiger charge is -2.18. The smallest absolute Gasteiger partial charge is 0.331 e. The van der Waals surface area contributed by atoms with Crippen LogP contribution >= 0.6 is 0 Å². The largest absolute Gasteiger partial charge is 0.466 e. The lowest BCUT2D eigenvalue weighted by molar-refractivity contribution is -0.140. The molecule has 0 spiro atoms. The van der Waals surface area contributed by atoms with E-state index in [0.29, 0.717) is 0 Å². The van der Waals surface area contributed by atoms with Gasteiger partial charge in [-0.2, -0.15) is 0 Å². The fourth-order valence-corrected chi connectivity index (χ4v) is 0.604. The summed E-state index contributed by atoms with van der Waals surface area (Å²) >= 11 is 0. The summed E-state index contributed by atoms with van der Waals surface area (Å²) in [7, 11) is 5.03. The Hall–Kier alpha value is -1.36. The topological polar surface area (TPSA) is 55.8 Å². The van der Waals surface area contributed by atoms with E-state index in [0.717, 1.165) is 12.2 Å². The highest BCUT2D eigenvalue weighted by atomic mass is 16.5. The first-order valence-corrected chi connectivity index (χ1v) is 4.56. The highest BCUT2D eigenvalue weighted by molar-refractivity contribution is 5.91. The Bertz CT molecular complexity index is 248. The van der Waals surface area contributed by atoms with Gasteiger partial charge in [0.1, 0.15) is 6.61 Å².